The fourth-order valence-electron chi connectivity index (χ4n) is 11.2. The van der Waals surface area contributed by atoms with E-state index in [1.165, 1.54) is 180 Å². The van der Waals surface area contributed by atoms with Crippen molar-refractivity contribution in [2.75, 3.05) is 39.6 Å². The van der Waals surface area contributed by atoms with E-state index in [0.717, 1.165) is 108 Å². The van der Waals surface area contributed by atoms with Gasteiger partial charge in [0.25, 0.3) is 0 Å². The zero-order chi connectivity index (χ0) is 68.7. The Kier molecular flexibility index (Phi) is 63.4. The van der Waals surface area contributed by atoms with Crippen LogP contribution in [0.2, 0.25) is 0 Å². The van der Waals surface area contributed by atoms with E-state index in [4.69, 9.17) is 37.0 Å². The number of rotatable bonds is 72. The first kappa shape index (κ1) is 91.1. The lowest BCUT2D eigenvalue weighted by Gasteiger charge is -2.21. The molecule has 0 aliphatic rings. The molecule has 0 aromatic rings. The van der Waals surface area contributed by atoms with Crippen molar-refractivity contribution < 1.29 is 80.2 Å². The number of hydrogen-bond acceptors (Lipinski definition) is 15. The van der Waals surface area contributed by atoms with Crippen molar-refractivity contribution in [1.82, 2.24) is 0 Å². The quantitative estimate of drug-likeness (QED) is 0.0222. The van der Waals surface area contributed by atoms with Crippen molar-refractivity contribution in [3.63, 3.8) is 0 Å². The van der Waals surface area contributed by atoms with Crippen LogP contribution in [0.5, 0.6) is 0 Å². The summed E-state index contributed by atoms with van der Waals surface area (Å²) in [6.07, 6.45) is 50.2. The van der Waals surface area contributed by atoms with E-state index in [-0.39, 0.29) is 25.7 Å². The van der Waals surface area contributed by atoms with Gasteiger partial charge in [0.2, 0.25) is 0 Å². The molecule has 0 heterocycles. The lowest BCUT2D eigenvalue weighted by atomic mass is 10.0. The minimum Gasteiger partial charge on any atom is -0.462 e. The van der Waals surface area contributed by atoms with Gasteiger partial charge in [-0.15, -0.1) is 0 Å². The van der Waals surface area contributed by atoms with Gasteiger partial charge in [0.05, 0.1) is 26.4 Å². The fraction of sp³-hybridized carbons (Fsp3) is 0.946. The Labute approximate surface area is 568 Å². The zero-order valence-electron chi connectivity index (χ0n) is 60.7. The van der Waals surface area contributed by atoms with Gasteiger partial charge < -0.3 is 33.8 Å². The van der Waals surface area contributed by atoms with Crippen LogP contribution in [-0.4, -0.2) is 96.7 Å². The molecular weight excluding hydrogens is 1220 g/mol. The van der Waals surface area contributed by atoms with Gasteiger partial charge in [0.1, 0.15) is 19.3 Å². The van der Waals surface area contributed by atoms with Gasteiger partial charge in [-0.3, -0.25) is 37.3 Å². The van der Waals surface area contributed by atoms with Crippen molar-refractivity contribution in [2.45, 2.75) is 394 Å². The van der Waals surface area contributed by atoms with Crippen LogP contribution in [0, 0.1) is 17.8 Å². The second-order valence-electron chi connectivity index (χ2n) is 28.1. The molecule has 0 saturated heterocycles. The Morgan fingerprint density at radius 1 is 0.290 bits per heavy atom. The Morgan fingerprint density at radius 3 is 0.731 bits per heavy atom. The first-order valence-corrected chi connectivity index (χ1v) is 41.3. The van der Waals surface area contributed by atoms with E-state index in [1.807, 2.05) is 0 Å². The van der Waals surface area contributed by atoms with Crippen molar-refractivity contribution in [3.05, 3.63) is 0 Å². The molecule has 0 fully saturated rings. The molecule has 0 bridgehead atoms. The first-order valence-electron chi connectivity index (χ1n) is 38.3. The summed E-state index contributed by atoms with van der Waals surface area (Å²) in [6, 6.07) is 0. The molecule has 0 radical (unpaired) electrons. The van der Waals surface area contributed by atoms with Gasteiger partial charge in [0, 0.05) is 25.7 Å². The number of phosphoric acid groups is 2. The second kappa shape index (κ2) is 64.7. The molecule has 0 spiro atoms. The number of carbonyl (C=O) groups excluding carboxylic acids is 4. The summed E-state index contributed by atoms with van der Waals surface area (Å²) in [6.45, 7) is 11.8. The Morgan fingerprint density at radius 2 is 0.495 bits per heavy atom. The summed E-state index contributed by atoms with van der Waals surface area (Å²) < 4.78 is 68.4. The fourth-order valence-corrected chi connectivity index (χ4v) is 12.8. The number of esters is 4. The maximum Gasteiger partial charge on any atom is 0.472 e. The molecule has 93 heavy (non-hydrogen) atoms. The van der Waals surface area contributed by atoms with Gasteiger partial charge in [-0.05, 0) is 43.4 Å². The maximum absolute atomic E-state index is 13.1. The average molecular weight is 1370 g/mol. The molecule has 0 amide bonds. The highest BCUT2D eigenvalue weighted by Gasteiger charge is 2.30. The molecule has 5 atom stereocenters. The molecule has 0 saturated carbocycles. The molecule has 0 aliphatic heterocycles. The summed E-state index contributed by atoms with van der Waals surface area (Å²) in [5.74, 6) is 0.0579. The molecule has 0 aromatic carbocycles. The zero-order valence-corrected chi connectivity index (χ0v) is 62.5. The lowest BCUT2D eigenvalue weighted by Crippen LogP contribution is -2.30. The van der Waals surface area contributed by atoms with Crippen molar-refractivity contribution in [2.24, 2.45) is 17.8 Å². The minimum atomic E-state index is -4.96. The standard InChI is InChI=1S/C74H144O17P2/c1-8-9-10-11-12-13-14-15-16-17-18-19-20-21-22-27-35-43-50-57-73(78)90-69(61-84-71(76)55-48-41-34-26-24-23-25-31-38-45-52-65(2)3)63-88-92(80,81)86-59-68(75)60-87-93(82,83)89-64-70(62-85-72(77)56-49-42-37-30-33-40-47-54-67(6)7)91-74(79)58-51-44-36-29-28-32-39-46-53-66(4)5/h65-70,75H,8-64H2,1-7H3,(H,80,81)(H,82,83)/t68-,69-,70-/m1/s1. The van der Waals surface area contributed by atoms with Crippen LogP contribution in [0.25, 0.3) is 0 Å². The van der Waals surface area contributed by atoms with Crippen LogP contribution in [0.15, 0.2) is 0 Å². The third-order valence-electron chi connectivity index (χ3n) is 17.1. The van der Waals surface area contributed by atoms with Crippen LogP contribution in [0.1, 0.15) is 376 Å². The van der Waals surface area contributed by atoms with Crippen LogP contribution in [-0.2, 0) is 65.4 Å². The molecule has 0 aromatic heterocycles. The van der Waals surface area contributed by atoms with Gasteiger partial charge in [-0.25, -0.2) is 9.13 Å². The second-order valence-corrected chi connectivity index (χ2v) is 31.0. The van der Waals surface area contributed by atoms with E-state index in [1.54, 1.807) is 0 Å². The largest absolute Gasteiger partial charge is 0.472 e. The number of aliphatic hydroxyl groups excluding tert-OH is 1. The number of aliphatic hydroxyl groups is 1. The molecule has 3 N–H and O–H groups in total. The predicted molar refractivity (Wildman–Crippen MR) is 377 cm³/mol. The first-order chi connectivity index (χ1) is 44.7. The van der Waals surface area contributed by atoms with Gasteiger partial charge in [-0.2, -0.15) is 0 Å². The molecule has 2 unspecified atom stereocenters. The molecule has 552 valence electrons. The highest BCUT2D eigenvalue weighted by molar-refractivity contribution is 7.47. The number of carbonyl (C=O) groups is 4. The number of phosphoric ester groups is 2. The highest BCUT2D eigenvalue weighted by atomic mass is 31.2. The van der Waals surface area contributed by atoms with E-state index in [2.05, 4.69) is 48.5 Å². The molecule has 17 nitrogen and oxygen atoms in total. The van der Waals surface area contributed by atoms with Crippen molar-refractivity contribution in [1.29, 1.82) is 0 Å². The third-order valence-corrected chi connectivity index (χ3v) is 19.0. The minimum absolute atomic E-state index is 0.104. The Balaban J connectivity index is 5.22. The molecule has 0 rings (SSSR count). The average Bonchev–Trinajstić information content (AvgIpc) is 1.71. The smallest absolute Gasteiger partial charge is 0.462 e. The molecule has 0 aliphatic carbocycles. The third kappa shape index (κ3) is 68.4. The Bertz CT molecular complexity index is 1820. The van der Waals surface area contributed by atoms with Crippen molar-refractivity contribution >= 4 is 39.5 Å². The predicted octanol–water partition coefficient (Wildman–Crippen LogP) is 21.4. The number of ether oxygens (including phenoxy) is 4. The van der Waals surface area contributed by atoms with Crippen LogP contribution >= 0.6 is 15.6 Å². The van der Waals surface area contributed by atoms with Crippen LogP contribution < -0.4 is 0 Å². The SMILES string of the molecule is CCCCCCCCCCCCCCCCCCCCCC(=O)O[C@H](COC(=O)CCCCCCCCCCCCC(C)C)COP(=O)(O)OC[C@@H](O)COP(=O)(O)OC[C@@H](COC(=O)CCCCCCCCCC(C)C)OC(=O)CCCCCCCCCCC(C)C. The van der Waals surface area contributed by atoms with E-state index in [9.17, 15) is 43.2 Å². The molecular formula is C74H144O17P2. The number of unbranched alkanes of at least 4 members (excludes halogenated alkanes) is 40. The van der Waals surface area contributed by atoms with Gasteiger partial charge in [-0.1, -0.05) is 325 Å². The maximum atomic E-state index is 13.1. The summed E-state index contributed by atoms with van der Waals surface area (Å²) in [7, 11) is -9.91. The summed E-state index contributed by atoms with van der Waals surface area (Å²) in [5, 5.41) is 10.6. The lowest BCUT2D eigenvalue weighted by molar-refractivity contribution is -0.161. The van der Waals surface area contributed by atoms with E-state index >= 15 is 0 Å². The van der Waals surface area contributed by atoms with E-state index in [0.29, 0.717) is 31.6 Å². The number of hydrogen-bond donors (Lipinski definition) is 3. The van der Waals surface area contributed by atoms with E-state index < -0.39 is 97.5 Å². The van der Waals surface area contributed by atoms with Gasteiger partial charge >= 0.3 is 39.5 Å². The highest BCUT2D eigenvalue weighted by Crippen LogP contribution is 2.45. The van der Waals surface area contributed by atoms with Crippen LogP contribution in [0.4, 0.5) is 0 Å². The summed E-state index contributed by atoms with van der Waals surface area (Å²) in [5.41, 5.74) is 0. The van der Waals surface area contributed by atoms with Crippen LogP contribution in [0.3, 0.4) is 0 Å². The van der Waals surface area contributed by atoms with Gasteiger partial charge in [0.15, 0.2) is 12.2 Å². The molecule has 19 heteroatoms. The normalized spacial score (nSPS) is 14.1. The Hall–Kier alpha value is -1.94. The monoisotopic (exact) mass is 1370 g/mol. The summed E-state index contributed by atoms with van der Waals surface area (Å²) >= 11 is 0. The topological polar surface area (TPSA) is 237 Å². The summed E-state index contributed by atoms with van der Waals surface area (Å²) in [4.78, 5) is 72.7. The van der Waals surface area contributed by atoms with Crippen molar-refractivity contribution in [3.8, 4) is 0 Å².